The van der Waals surface area contributed by atoms with Gasteiger partial charge >= 0.3 is 0 Å². The molecule has 1 aromatic heterocycles. The Labute approximate surface area is 142 Å². The molecular formula is C18H24N4O2. The maximum atomic E-state index is 12.7. The standard InChI is InChI=1S/C18H24N4O2/c1-19-12-14-4-3-10-21(13-14)18(23)17-9-11-22(20-17)15-5-7-16(24-2)8-6-15/h5-9,11,14,19H,3-4,10,12-13H2,1-2H3/t14-/m0/s1. The number of hydrogen-bond donors (Lipinski definition) is 1. The zero-order valence-corrected chi connectivity index (χ0v) is 14.2. The van der Waals surface area contributed by atoms with Crippen molar-refractivity contribution in [2.24, 2.45) is 5.92 Å². The fourth-order valence-corrected chi connectivity index (χ4v) is 3.18. The van der Waals surface area contributed by atoms with Crippen molar-refractivity contribution in [2.75, 3.05) is 33.8 Å². The quantitative estimate of drug-likeness (QED) is 0.911. The van der Waals surface area contributed by atoms with E-state index >= 15 is 0 Å². The number of hydrogen-bond acceptors (Lipinski definition) is 4. The lowest BCUT2D eigenvalue weighted by Gasteiger charge is -2.32. The number of likely N-dealkylation sites (tertiary alicyclic amines) is 1. The van der Waals surface area contributed by atoms with Crippen molar-refractivity contribution in [3.8, 4) is 11.4 Å². The predicted octanol–water partition coefficient (Wildman–Crippen LogP) is 1.95. The van der Waals surface area contributed by atoms with Crippen molar-refractivity contribution < 1.29 is 9.53 Å². The molecule has 0 radical (unpaired) electrons. The second kappa shape index (κ2) is 7.49. The molecule has 0 spiro atoms. The molecule has 6 nitrogen and oxygen atoms in total. The molecule has 0 bridgehead atoms. The lowest BCUT2D eigenvalue weighted by Crippen LogP contribution is -2.42. The third kappa shape index (κ3) is 3.59. The highest BCUT2D eigenvalue weighted by atomic mass is 16.5. The van der Waals surface area contributed by atoms with Gasteiger partial charge in [0.25, 0.3) is 5.91 Å². The van der Waals surface area contributed by atoms with E-state index in [-0.39, 0.29) is 5.91 Å². The van der Waals surface area contributed by atoms with Gasteiger partial charge in [-0.2, -0.15) is 5.10 Å². The molecule has 0 saturated carbocycles. The van der Waals surface area contributed by atoms with E-state index in [1.807, 2.05) is 42.4 Å². The maximum absolute atomic E-state index is 12.7. The van der Waals surface area contributed by atoms with Gasteiger partial charge < -0.3 is 15.0 Å². The summed E-state index contributed by atoms with van der Waals surface area (Å²) in [5.41, 5.74) is 1.40. The lowest BCUT2D eigenvalue weighted by atomic mass is 9.98. The molecular weight excluding hydrogens is 304 g/mol. The minimum atomic E-state index is 0.0167. The Morgan fingerprint density at radius 1 is 1.33 bits per heavy atom. The molecule has 1 aliphatic rings. The van der Waals surface area contributed by atoms with Gasteiger partial charge in [0.15, 0.2) is 5.69 Å². The smallest absolute Gasteiger partial charge is 0.274 e. The number of carbonyl (C=O) groups is 1. The van der Waals surface area contributed by atoms with Crippen LogP contribution in [0.3, 0.4) is 0 Å². The van der Waals surface area contributed by atoms with E-state index in [9.17, 15) is 4.79 Å². The minimum absolute atomic E-state index is 0.0167. The lowest BCUT2D eigenvalue weighted by molar-refractivity contribution is 0.0668. The Morgan fingerprint density at radius 2 is 2.12 bits per heavy atom. The summed E-state index contributed by atoms with van der Waals surface area (Å²) in [6, 6.07) is 9.39. The van der Waals surface area contributed by atoms with Crippen LogP contribution >= 0.6 is 0 Å². The minimum Gasteiger partial charge on any atom is -0.497 e. The first-order valence-corrected chi connectivity index (χ1v) is 8.35. The zero-order chi connectivity index (χ0) is 16.9. The Morgan fingerprint density at radius 3 is 2.83 bits per heavy atom. The monoisotopic (exact) mass is 328 g/mol. The van der Waals surface area contributed by atoms with Crippen molar-refractivity contribution in [1.82, 2.24) is 20.0 Å². The number of amides is 1. The number of carbonyl (C=O) groups excluding carboxylic acids is 1. The highest BCUT2D eigenvalue weighted by Gasteiger charge is 2.25. The number of nitrogens with one attached hydrogen (secondary N) is 1. The fourth-order valence-electron chi connectivity index (χ4n) is 3.18. The van der Waals surface area contributed by atoms with E-state index < -0.39 is 0 Å². The zero-order valence-electron chi connectivity index (χ0n) is 14.2. The van der Waals surface area contributed by atoms with Gasteiger partial charge in [-0.1, -0.05) is 0 Å². The van der Waals surface area contributed by atoms with Crippen LogP contribution in [0.1, 0.15) is 23.3 Å². The van der Waals surface area contributed by atoms with Crippen LogP contribution in [0.4, 0.5) is 0 Å². The number of ether oxygens (including phenoxy) is 1. The summed E-state index contributed by atoms with van der Waals surface area (Å²) in [5.74, 6) is 1.34. The number of nitrogens with zero attached hydrogens (tertiary/aromatic N) is 3. The van der Waals surface area contributed by atoms with Gasteiger partial charge in [-0.05, 0) is 62.7 Å². The molecule has 0 aliphatic carbocycles. The van der Waals surface area contributed by atoms with E-state index in [0.717, 1.165) is 37.5 Å². The van der Waals surface area contributed by atoms with Crippen LogP contribution in [0, 0.1) is 5.92 Å². The summed E-state index contributed by atoms with van der Waals surface area (Å²) in [6.07, 6.45) is 4.05. The Kier molecular flexibility index (Phi) is 5.15. The van der Waals surface area contributed by atoms with Gasteiger partial charge in [0.1, 0.15) is 5.75 Å². The summed E-state index contributed by atoms with van der Waals surface area (Å²) in [7, 11) is 3.59. The summed E-state index contributed by atoms with van der Waals surface area (Å²) in [5, 5.41) is 7.65. The van der Waals surface area contributed by atoms with Crippen molar-refractivity contribution >= 4 is 5.91 Å². The number of methoxy groups -OCH3 is 1. The van der Waals surface area contributed by atoms with Crippen LogP contribution in [0.5, 0.6) is 5.75 Å². The third-order valence-corrected chi connectivity index (χ3v) is 4.44. The number of piperidine rings is 1. The van der Waals surface area contributed by atoms with Gasteiger partial charge in [0, 0.05) is 19.3 Å². The average Bonchev–Trinajstić information content (AvgIpc) is 3.12. The first-order chi connectivity index (χ1) is 11.7. The predicted molar refractivity (Wildman–Crippen MR) is 92.7 cm³/mol. The highest BCUT2D eigenvalue weighted by molar-refractivity contribution is 5.92. The molecule has 2 heterocycles. The molecule has 1 aromatic carbocycles. The number of rotatable bonds is 5. The molecule has 0 unspecified atom stereocenters. The summed E-state index contributed by atoms with van der Waals surface area (Å²) in [4.78, 5) is 14.6. The van der Waals surface area contributed by atoms with Gasteiger partial charge in [0.05, 0.1) is 12.8 Å². The van der Waals surface area contributed by atoms with Crippen molar-refractivity contribution in [3.63, 3.8) is 0 Å². The van der Waals surface area contributed by atoms with Crippen molar-refractivity contribution in [3.05, 3.63) is 42.2 Å². The maximum Gasteiger partial charge on any atom is 0.274 e. The average molecular weight is 328 g/mol. The van der Waals surface area contributed by atoms with Crippen LogP contribution in [0.25, 0.3) is 5.69 Å². The highest BCUT2D eigenvalue weighted by Crippen LogP contribution is 2.19. The molecule has 1 saturated heterocycles. The fraction of sp³-hybridized carbons (Fsp3) is 0.444. The Bertz CT molecular complexity index is 679. The molecule has 24 heavy (non-hydrogen) atoms. The first-order valence-electron chi connectivity index (χ1n) is 8.35. The summed E-state index contributed by atoms with van der Waals surface area (Å²) in [6.45, 7) is 2.56. The van der Waals surface area contributed by atoms with Gasteiger partial charge in [-0.15, -0.1) is 0 Å². The first kappa shape index (κ1) is 16.5. The SMILES string of the molecule is CNC[C@@H]1CCCN(C(=O)c2ccn(-c3ccc(OC)cc3)n2)C1. The van der Waals surface area contributed by atoms with Gasteiger partial charge in [0.2, 0.25) is 0 Å². The molecule has 1 aliphatic heterocycles. The van der Waals surface area contributed by atoms with Crippen LogP contribution in [0.2, 0.25) is 0 Å². The van der Waals surface area contributed by atoms with E-state index in [1.165, 1.54) is 6.42 Å². The van der Waals surface area contributed by atoms with E-state index in [1.54, 1.807) is 17.9 Å². The van der Waals surface area contributed by atoms with Crippen LogP contribution in [-0.4, -0.2) is 54.4 Å². The Balaban J connectivity index is 1.71. The van der Waals surface area contributed by atoms with Crippen LogP contribution in [-0.2, 0) is 0 Å². The van der Waals surface area contributed by atoms with Crippen molar-refractivity contribution in [1.29, 1.82) is 0 Å². The van der Waals surface area contributed by atoms with Crippen LogP contribution in [0.15, 0.2) is 36.5 Å². The molecule has 1 N–H and O–H groups in total. The van der Waals surface area contributed by atoms with E-state index in [0.29, 0.717) is 11.6 Å². The molecule has 1 atom stereocenters. The van der Waals surface area contributed by atoms with Gasteiger partial charge in [-0.3, -0.25) is 4.79 Å². The van der Waals surface area contributed by atoms with E-state index in [4.69, 9.17) is 4.74 Å². The molecule has 3 rings (SSSR count). The second-order valence-electron chi connectivity index (χ2n) is 6.16. The number of aromatic nitrogens is 2. The Hall–Kier alpha value is -2.34. The molecule has 2 aromatic rings. The molecule has 1 amide bonds. The number of benzene rings is 1. The summed E-state index contributed by atoms with van der Waals surface area (Å²) >= 11 is 0. The largest absolute Gasteiger partial charge is 0.497 e. The molecule has 1 fully saturated rings. The van der Waals surface area contributed by atoms with Crippen molar-refractivity contribution in [2.45, 2.75) is 12.8 Å². The normalized spacial score (nSPS) is 17.8. The topological polar surface area (TPSA) is 59.4 Å². The molecule has 128 valence electrons. The third-order valence-electron chi connectivity index (χ3n) is 4.44. The second-order valence-corrected chi connectivity index (χ2v) is 6.16. The van der Waals surface area contributed by atoms with Crippen LogP contribution < -0.4 is 10.1 Å². The van der Waals surface area contributed by atoms with Gasteiger partial charge in [-0.25, -0.2) is 4.68 Å². The summed E-state index contributed by atoms with van der Waals surface area (Å²) < 4.78 is 6.89. The molecule has 6 heteroatoms. The van der Waals surface area contributed by atoms with E-state index in [2.05, 4.69) is 10.4 Å².